The molecular weight excluding hydrogens is 208 g/mol. The van der Waals surface area contributed by atoms with Crippen LogP contribution in [0.2, 0.25) is 0 Å². The molecular formula is C10H8N4O2. The van der Waals surface area contributed by atoms with Crippen molar-refractivity contribution in [1.29, 1.82) is 0 Å². The number of carbonyl (C=O) groups is 2. The van der Waals surface area contributed by atoms with Gasteiger partial charge in [0.2, 0.25) is 5.91 Å². The summed E-state index contributed by atoms with van der Waals surface area (Å²) in [4.78, 5) is 26.8. The molecule has 1 heterocycles. The number of nitrogens with one attached hydrogen (secondary N) is 1. The van der Waals surface area contributed by atoms with Gasteiger partial charge in [0.15, 0.2) is 0 Å². The van der Waals surface area contributed by atoms with Crippen LogP contribution in [0.3, 0.4) is 0 Å². The van der Waals surface area contributed by atoms with Crippen LogP contribution in [0.25, 0.3) is 5.53 Å². The van der Waals surface area contributed by atoms with Gasteiger partial charge in [-0.25, -0.2) is 0 Å². The number of nitrogens with zero attached hydrogens (tertiary/aromatic N) is 3. The van der Waals surface area contributed by atoms with Crippen molar-refractivity contribution in [2.24, 2.45) is 0 Å². The minimum atomic E-state index is -0.537. The Kier molecular flexibility index (Phi) is 2.49. The van der Waals surface area contributed by atoms with Crippen molar-refractivity contribution in [3.8, 4) is 0 Å². The van der Waals surface area contributed by atoms with E-state index in [1.165, 1.54) is 4.90 Å². The van der Waals surface area contributed by atoms with E-state index in [-0.39, 0.29) is 12.5 Å². The fraction of sp³-hybridized carbons (Fsp3) is 0.100. The van der Waals surface area contributed by atoms with E-state index in [2.05, 4.69) is 10.1 Å². The Labute approximate surface area is 91.1 Å². The molecule has 1 N–H and O–H groups in total. The predicted octanol–water partition coefficient (Wildman–Crippen LogP) is 0.272. The van der Waals surface area contributed by atoms with Gasteiger partial charge >= 0.3 is 12.1 Å². The summed E-state index contributed by atoms with van der Waals surface area (Å²) in [6.07, 6.45) is 0.759. The third-order valence-corrected chi connectivity index (χ3v) is 2.20. The molecule has 0 aromatic heterocycles. The highest BCUT2D eigenvalue weighted by atomic mass is 16.2. The number of rotatable bonds is 1. The standard InChI is InChI=1S/C10H8N4O2/c11-12-5-10(16)14-6-9(15)13-7-3-1-2-4-8(7)14/h1-5H,6H2,(H,13,15). The average molecular weight is 216 g/mol. The quantitative estimate of drug-likeness (QED) is 0.415. The average Bonchev–Trinajstić information content (AvgIpc) is 2.28. The second-order valence-electron chi connectivity index (χ2n) is 3.23. The highest BCUT2D eigenvalue weighted by Crippen LogP contribution is 2.28. The molecule has 2 rings (SSSR count). The van der Waals surface area contributed by atoms with Crippen LogP contribution in [0, 0.1) is 0 Å². The van der Waals surface area contributed by atoms with E-state index in [4.69, 9.17) is 5.53 Å². The molecule has 0 spiro atoms. The van der Waals surface area contributed by atoms with Crippen LogP contribution in [0.5, 0.6) is 0 Å². The van der Waals surface area contributed by atoms with E-state index < -0.39 is 5.91 Å². The molecule has 1 aromatic rings. The number of carbonyl (C=O) groups excluding carboxylic acids is 2. The molecule has 1 aliphatic heterocycles. The Hall–Kier alpha value is -2.46. The SMILES string of the molecule is [N-]=[N+]=CC(=O)N1CC(=O)Nc2ccccc21. The normalized spacial score (nSPS) is 13.5. The lowest BCUT2D eigenvalue weighted by Crippen LogP contribution is -2.42. The highest BCUT2D eigenvalue weighted by Gasteiger charge is 2.27. The van der Waals surface area contributed by atoms with Gasteiger partial charge in [0.05, 0.1) is 11.4 Å². The maximum Gasteiger partial charge on any atom is 0.345 e. The number of hydrogen-bond donors (Lipinski definition) is 1. The Morgan fingerprint density at radius 1 is 1.50 bits per heavy atom. The fourth-order valence-corrected chi connectivity index (χ4v) is 1.55. The zero-order valence-electron chi connectivity index (χ0n) is 8.25. The van der Waals surface area contributed by atoms with Gasteiger partial charge in [-0.3, -0.25) is 14.5 Å². The zero-order chi connectivity index (χ0) is 11.5. The van der Waals surface area contributed by atoms with Crippen LogP contribution in [0.15, 0.2) is 24.3 Å². The van der Waals surface area contributed by atoms with Crippen LogP contribution < -0.4 is 10.2 Å². The number of amides is 2. The molecule has 80 valence electrons. The molecule has 0 unspecified atom stereocenters. The van der Waals surface area contributed by atoms with Gasteiger partial charge in [-0.05, 0) is 12.1 Å². The first-order valence-corrected chi connectivity index (χ1v) is 4.60. The van der Waals surface area contributed by atoms with Gasteiger partial charge in [0.1, 0.15) is 6.54 Å². The van der Waals surface area contributed by atoms with E-state index in [1.807, 2.05) is 0 Å². The summed E-state index contributed by atoms with van der Waals surface area (Å²) in [5.41, 5.74) is 9.46. The Morgan fingerprint density at radius 3 is 3.00 bits per heavy atom. The molecule has 1 aromatic carbocycles. The van der Waals surface area contributed by atoms with E-state index in [0.717, 1.165) is 6.21 Å². The van der Waals surface area contributed by atoms with Crippen molar-refractivity contribution in [3.63, 3.8) is 0 Å². The summed E-state index contributed by atoms with van der Waals surface area (Å²) in [7, 11) is 0. The summed E-state index contributed by atoms with van der Waals surface area (Å²) in [6, 6.07) is 6.92. The first-order valence-electron chi connectivity index (χ1n) is 4.60. The Bertz CT molecular complexity index is 505. The molecule has 0 radical (unpaired) electrons. The van der Waals surface area contributed by atoms with Crippen LogP contribution in [0.4, 0.5) is 11.4 Å². The summed E-state index contributed by atoms with van der Waals surface area (Å²) in [6.45, 7) is -0.0815. The largest absolute Gasteiger partial charge is 0.361 e. The fourth-order valence-electron chi connectivity index (χ4n) is 1.55. The van der Waals surface area contributed by atoms with Crippen LogP contribution in [-0.2, 0) is 9.59 Å². The summed E-state index contributed by atoms with van der Waals surface area (Å²) in [5, 5.41) is 2.65. The summed E-state index contributed by atoms with van der Waals surface area (Å²) in [5.74, 6) is -0.816. The van der Waals surface area contributed by atoms with Gasteiger partial charge in [0.25, 0.3) is 0 Å². The monoisotopic (exact) mass is 216 g/mol. The maximum atomic E-state index is 11.5. The van der Waals surface area contributed by atoms with Gasteiger partial charge < -0.3 is 10.8 Å². The molecule has 16 heavy (non-hydrogen) atoms. The van der Waals surface area contributed by atoms with E-state index in [0.29, 0.717) is 11.4 Å². The van der Waals surface area contributed by atoms with Crippen LogP contribution in [0.1, 0.15) is 0 Å². The molecule has 0 saturated carbocycles. The molecule has 2 amide bonds. The Morgan fingerprint density at radius 2 is 2.25 bits per heavy atom. The molecule has 0 bridgehead atoms. The Balaban J connectivity index is 2.44. The topological polar surface area (TPSA) is 85.8 Å². The van der Waals surface area contributed by atoms with Crippen LogP contribution in [-0.4, -0.2) is 29.4 Å². The molecule has 6 nitrogen and oxygen atoms in total. The molecule has 0 aliphatic carbocycles. The highest BCUT2D eigenvalue weighted by molar-refractivity contribution is 6.33. The summed E-state index contributed by atoms with van der Waals surface area (Å²) < 4.78 is 0. The molecule has 6 heteroatoms. The van der Waals surface area contributed by atoms with Crippen molar-refractivity contribution >= 4 is 29.4 Å². The number of para-hydroxylation sites is 2. The van der Waals surface area contributed by atoms with Crippen molar-refractivity contribution in [2.75, 3.05) is 16.8 Å². The second kappa shape index (κ2) is 3.96. The number of anilines is 2. The van der Waals surface area contributed by atoms with Crippen molar-refractivity contribution in [3.05, 3.63) is 29.8 Å². The lowest BCUT2D eigenvalue weighted by molar-refractivity contribution is -0.119. The van der Waals surface area contributed by atoms with Gasteiger partial charge in [-0.1, -0.05) is 12.1 Å². The van der Waals surface area contributed by atoms with Gasteiger partial charge in [-0.2, -0.15) is 4.79 Å². The molecule has 1 aliphatic rings. The van der Waals surface area contributed by atoms with Gasteiger partial charge in [0, 0.05) is 0 Å². The third-order valence-electron chi connectivity index (χ3n) is 2.20. The minimum absolute atomic E-state index is 0.0815. The zero-order valence-corrected chi connectivity index (χ0v) is 8.25. The first kappa shape index (κ1) is 10.1. The summed E-state index contributed by atoms with van der Waals surface area (Å²) >= 11 is 0. The van der Waals surface area contributed by atoms with E-state index in [1.54, 1.807) is 24.3 Å². The van der Waals surface area contributed by atoms with E-state index in [9.17, 15) is 9.59 Å². The van der Waals surface area contributed by atoms with Crippen LogP contribution >= 0.6 is 0 Å². The molecule has 0 fully saturated rings. The molecule has 0 saturated heterocycles. The molecule has 0 atom stereocenters. The smallest absolute Gasteiger partial charge is 0.345 e. The van der Waals surface area contributed by atoms with Gasteiger partial charge in [-0.15, -0.1) is 0 Å². The first-order chi connectivity index (χ1) is 7.72. The second-order valence-corrected chi connectivity index (χ2v) is 3.23. The number of benzene rings is 1. The number of hydrogen-bond acceptors (Lipinski definition) is 2. The van der Waals surface area contributed by atoms with Crippen molar-refractivity contribution in [1.82, 2.24) is 0 Å². The minimum Gasteiger partial charge on any atom is -0.361 e. The number of fused-ring (bicyclic) bond motifs is 1. The predicted molar refractivity (Wildman–Crippen MR) is 57.1 cm³/mol. The maximum absolute atomic E-state index is 11.5. The van der Waals surface area contributed by atoms with E-state index >= 15 is 0 Å². The lowest BCUT2D eigenvalue weighted by Gasteiger charge is -2.26. The third kappa shape index (κ3) is 1.69. The van der Waals surface area contributed by atoms with Crippen molar-refractivity contribution in [2.45, 2.75) is 0 Å². The van der Waals surface area contributed by atoms with Crippen molar-refractivity contribution < 1.29 is 14.4 Å². The lowest BCUT2D eigenvalue weighted by atomic mass is 10.2.